The summed E-state index contributed by atoms with van der Waals surface area (Å²) in [6.45, 7) is 0.160. The van der Waals surface area contributed by atoms with Gasteiger partial charge in [0.25, 0.3) is 0 Å². The first-order chi connectivity index (χ1) is 10.5. The molecule has 0 unspecified atom stereocenters. The lowest BCUT2D eigenvalue weighted by Gasteiger charge is -2.07. The van der Waals surface area contributed by atoms with Crippen molar-refractivity contribution in [3.05, 3.63) is 58.8 Å². The van der Waals surface area contributed by atoms with E-state index in [1.807, 2.05) is 0 Å². The van der Waals surface area contributed by atoms with Crippen LogP contribution >= 0.6 is 0 Å². The summed E-state index contributed by atoms with van der Waals surface area (Å²) >= 11 is 0. The fourth-order valence-corrected chi connectivity index (χ4v) is 3.07. The van der Waals surface area contributed by atoms with Crippen LogP contribution in [0.5, 0.6) is 0 Å². The molecule has 0 amide bonds. The first kappa shape index (κ1) is 14.5. The SMILES string of the molecule is Cn1c(=O)oc2ccc(S(=O)(=O)NCc3ccncc3)cc21. The van der Waals surface area contributed by atoms with Gasteiger partial charge in [0.1, 0.15) is 0 Å². The van der Waals surface area contributed by atoms with Gasteiger partial charge in [-0.25, -0.2) is 17.9 Å². The fraction of sp³-hybridized carbons (Fsp3) is 0.143. The number of nitrogens with one attached hydrogen (secondary N) is 1. The predicted molar refractivity (Wildman–Crippen MR) is 79.7 cm³/mol. The van der Waals surface area contributed by atoms with Gasteiger partial charge in [-0.1, -0.05) is 0 Å². The van der Waals surface area contributed by atoms with E-state index in [2.05, 4.69) is 9.71 Å². The first-order valence-electron chi connectivity index (χ1n) is 6.45. The van der Waals surface area contributed by atoms with Crippen LogP contribution in [-0.4, -0.2) is 18.0 Å². The van der Waals surface area contributed by atoms with E-state index >= 15 is 0 Å². The highest BCUT2D eigenvalue weighted by molar-refractivity contribution is 7.89. The Kier molecular flexibility index (Phi) is 3.55. The lowest BCUT2D eigenvalue weighted by molar-refractivity contribution is 0.528. The standard InChI is InChI=1S/C14H13N3O4S/c1-17-12-8-11(2-3-13(12)21-14(17)18)22(19,20)16-9-10-4-6-15-7-5-10/h2-8,16H,9H2,1H3. The molecule has 0 atom stereocenters. The van der Waals surface area contributed by atoms with Crippen LogP contribution in [0.25, 0.3) is 11.1 Å². The summed E-state index contributed by atoms with van der Waals surface area (Å²) in [6, 6.07) is 7.74. The number of fused-ring (bicyclic) bond motifs is 1. The lowest BCUT2D eigenvalue weighted by Crippen LogP contribution is -2.23. The van der Waals surface area contributed by atoms with Crippen LogP contribution in [0.4, 0.5) is 0 Å². The molecule has 0 fully saturated rings. The number of rotatable bonds is 4. The Hall–Kier alpha value is -2.45. The van der Waals surface area contributed by atoms with Crippen molar-refractivity contribution < 1.29 is 12.8 Å². The molecule has 0 spiro atoms. The molecule has 1 N–H and O–H groups in total. The van der Waals surface area contributed by atoms with Gasteiger partial charge in [-0.3, -0.25) is 9.55 Å². The molecule has 7 nitrogen and oxygen atoms in total. The Balaban J connectivity index is 1.91. The summed E-state index contributed by atoms with van der Waals surface area (Å²) in [5, 5.41) is 0. The number of nitrogens with zero attached hydrogens (tertiary/aromatic N) is 2. The molecular formula is C14H13N3O4S. The van der Waals surface area contributed by atoms with Crippen molar-refractivity contribution in [2.45, 2.75) is 11.4 Å². The monoisotopic (exact) mass is 319 g/mol. The van der Waals surface area contributed by atoms with Crippen molar-refractivity contribution in [3.8, 4) is 0 Å². The maximum atomic E-state index is 12.3. The van der Waals surface area contributed by atoms with Crippen molar-refractivity contribution in [1.29, 1.82) is 0 Å². The van der Waals surface area contributed by atoms with Crippen LogP contribution in [-0.2, 0) is 23.6 Å². The van der Waals surface area contributed by atoms with Gasteiger partial charge < -0.3 is 4.42 Å². The van der Waals surface area contributed by atoms with Gasteiger partial charge >= 0.3 is 5.76 Å². The normalized spacial score (nSPS) is 11.9. The Labute approximate surface area is 126 Å². The number of oxazole rings is 1. The first-order valence-corrected chi connectivity index (χ1v) is 7.94. The van der Waals surface area contributed by atoms with Crippen molar-refractivity contribution in [2.75, 3.05) is 0 Å². The summed E-state index contributed by atoms with van der Waals surface area (Å²) in [5.41, 5.74) is 1.58. The number of hydrogen-bond acceptors (Lipinski definition) is 5. The minimum atomic E-state index is -3.68. The van der Waals surface area contributed by atoms with E-state index in [-0.39, 0.29) is 11.4 Å². The van der Waals surface area contributed by atoms with Gasteiger partial charge in [0.05, 0.1) is 10.4 Å². The highest BCUT2D eigenvalue weighted by atomic mass is 32.2. The average Bonchev–Trinajstić information content (AvgIpc) is 2.81. The molecule has 22 heavy (non-hydrogen) atoms. The van der Waals surface area contributed by atoms with Gasteiger partial charge in [0, 0.05) is 26.0 Å². The number of hydrogen-bond donors (Lipinski definition) is 1. The molecule has 0 radical (unpaired) electrons. The third-order valence-electron chi connectivity index (χ3n) is 3.29. The Bertz CT molecular complexity index is 974. The van der Waals surface area contributed by atoms with Gasteiger partial charge in [-0.15, -0.1) is 0 Å². The minimum absolute atomic E-state index is 0.0745. The van der Waals surface area contributed by atoms with E-state index in [0.29, 0.717) is 11.1 Å². The smallest absolute Gasteiger partial charge is 0.408 e. The van der Waals surface area contributed by atoms with Crippen LogP contribution < -0.4 is 10.5 Å². The zero-order valence-electron chi connectivity index (χ0n) is 11.7. The van der Waals surface area contributed by atoms with Gasteiger partial charge in [-0.2, -0.15) is 0 Å². The third-order valence-corrected chi connectivity index (χ3v) is 4.69. The summed E-state index contributed by atoms with van der Waals surface area (Å²) < 4.78 is 33.4. The predicted octanol–water partition coefficient (Wildman–Crippen LogP) is 1.00. The maximum Gasteiger partial charge on any atom is 0.419 e. The van der Waals surface area contributed by atoms with Crippen molar-refractivity contribution in [1.82, 2.24) is 14.3 Å². The Morgan fingerprint density at radius 2 is 1.95 bits per heavy atom. The second-order valence-corrected chi connectivity index (χ2v) is 6.50. The largest absolute Gasteiger partial charge is 0.419 e. The van der Waals surface area contributed by atoms with E-state index in [1.54, 1.807) is 24.5 Å². The molecule has 0 bridgehead atoms. The fourth-order valence-electron chi connectivity index (χ4n) is 2.04. The maximum absolute atomic E-state index is 12.3. The molecule has 0 aliphatic carbocycles. The van der Waals surface area contributed by atoms with Crippen LogP contribution in [0.3, 0.4) is 0 Å². The van der Waals surface area contributed by atoms with Gasteiger partial charge in [0.15, 0.2) is 5.58 Å². The molecule has 0 saturated heterocycles. The second kappa shape index (κ2) is 5.39. The van der Waals surface area contributed by atoms with Crippen molar-refractivity contribution in [3.63, 3.8) is 0 Å². The Morgan fingerprint density at radius 3 is 2.68 bits per heavy atom. The number of aryl methyl sites for hydroxylation is 1. The van der Waals surface area contributed by atoms with Crippen LogP contribution in [0.15, 0.2) is 56.8 Å². The number of aromatic nitrogens is 2. The topological polar surface area (TPSA) is 94.2 Å². The van der Waals surface area contributed by atoms with Crippen molar-refractivity contribution in [2.24, 2.45) is 7.05 Å². The van der Waals surface area contributed by atoms with E-state index in [1.165, 1.54) is 29.8 Å². The summed E-state index contributed by atoms with van der Waals surface area (Å²) in [4.78, 5) is 15.4. The number of benzene rings is 1. The molecule has 0 saturated carbocycles. The molecule has 0 aliphatic rings. The molecule has 3 rings (SSSR count). The zero-order chi connectivity index (χ0) is 15.7. The molecule has 114 valence electrons. The summed E-state index contributed by atoms with van der Waals surface area (Å²) in [6.07, 6.45) is 3.19. The molecule has 1 aromatic carbocycles. The number of sulfonamides is 1. The van der Waals surface area contributed by atoms with Gasteiger partial charge in [0.2, 0.25) is 10.0 Å². The van der Waals surface area contributed by atoms with Crippen LogP contribution in [0, 0.1) is 0 Å². The van der Waals surface area contributed by atoms with Crippen molar-refractivity contribution >= 4 is 21.1 Å². The second-order valence-electron chi connectivity index (χ2n) is 4.74. The van der Waals surface area contributed by atoms with Gasteiger partial charge in [-0.05, 0) is 35.9 Å². The summed E-state index contributed by atoms with van der Waals surface area (Å²) in [7, 11) is -2.16. The van der Waals surface area contributed by atoms with Crippen LogP contribution in [0.1, 0.15) is 5.56 Å². The highest BCUT2D eigenvalue weighted by Crippen LogP contribution is 2.18. The molecular weight excluding hydrogens is 306 g/mol. The molecule has 2 aromatic heterocycles. The molecule has 2 heterocycles. The Morgan fingerprint density at radius 1 is 1.23 bits per heavy atom. The quantitative estimate of drug-likeness (QED) is 0.774. The molecule has 0 aliphatic heterocycles. The third kappa shape index (κ3) is 2.66. The molecule has 8 heteroatoms. The molecule has 3 aromatic rings. The van der Waals surface area contributed by atoms with Crippen LogP contribution in [0.2, 0.25) is 0 Å². The minimum Gasteiger partial charge on any atom is -0.408 e. The zero-order valence-corrected chi connectivity index (χ0v) is 12.5. The van der Waals surface area contributed by atoms with E-state index < -0.39 is 15.8 Å². The van der Waals surface area contributed by atoms with E-state index in [9.17, 15) is 13.2 Å². The highest BCUT2D eigenvalue weighted by Gasteiger charge is 2.16. The lowest BCUT2D eigenvalue weighted by atomic mass is 10.3. The van der Waals surface area contributed by atoms with E-state index in [0.717, 1.165) is 5.56 Å². The van der Waals surface area contributed by atoms with E-state index in [4.69, 9.17) is 4.42 Å². The summed E-state index contributed by atoms with van der Waals surface area (Å²) in [5.74, 6) is -0.533. The average molecular weight is 319 g/mol. The number of pyridine rings is 1.